The standard InChI is InChI=1S/C69H86/c1-13-45(7)39-67(40-46(8)14-2)61-25-21-19-23-55(61)57-31-27-51(35-63(57)67)53-29-33-59-60-34-30-54(38-66(60)69(65(59)37-53,43-49(11)17-5)44-50(12)18-6)52-28-32-58-56-24-20-22-26-62(56)68(64(58)36-52,41-47(9)15-3)42-48(10)16-4/h19-38,45-50H,13-18,39-44H2,1-12H3. The predicted octanol–water partition coefficient (Wildman–Crippen LogP) is 20.4. The van der Waals surface area contributed by atoms with E-state index in [9.17, 15) is 0 Å². The first kappa shape index (κ1) is 49.3. The molecule has 0 bridgehead atoms. The molecule has 0 saturated heterocycles. The molecular formula is C69H86. The van der Waals surface area contributed by atoms with Crippen LogP contribution < -0.4 is 0 Å². The maximum atomic E-state index is 2.68. The first-order valence-electron chi connectivity index (χ1n) is 28.1. The number of fused-ring (bicyclic) bond motifs is 9. The third kappa shape index (κ3) is 8.50. The van der Waals surface area contributed by atoms with Crippen LogP contribution in [0, 0.1) is 35.5 Å². The van der Waals surface area contributed by atoms with Crippen LogP contribution in [0.1, 0.15) is 194 Å². The van der Waals surface area contributed by atoms with Gasteiger partial charge in [-0.2, -0.15) is 0 Å². The summed E-state index contributed by atoms with van der Waals surface area (Å²) in [6.45, 7) is 29.3. The highest BCUT2D eigenvalue weighted by molar-refractivity contribution is 5.89. The number of rotatable bonds is 20. The zero-order valence-corrected chi connectivity index (χ0v) is 45.0. The van der Waals surface area contributed by atoms with Crippen LogP contribution in [0.25, 0.3) is 55.6 Å². The smallest absolute Gasteiger partial charge is 0.0220 e. The van der Waals surface area contributed by atoms with Crippen molar-refractivity contribution in [1.29, 1.82) is 0 Å². The molecule has 0 fully saturated rings. The van der Waals surface area contributed by atoms with Crippen molar-refractivity contribution in [3.05, 3.63) is 155 Å². The van der Waals surface area contributed by atoms with Gasteiger partial charge in [-0.1, -0.05) is 219 Å². The van der Waals surface area contributed by atoms with Gasteiger partial charge < -0.3 is 0 Å². The molecule has 6 aromatic rings. The van der Waals surface area contributed by atoms with Crippen LogP contribution in [-0.2, 0) is 16.2 Å². The van der Waals surface area contributed by atoms with Crippen molar-refractivity contribution >= 4 is 0 Å². The lowest BCUT2D eigenvalue weighted by atomic mass is 9.65. The lowest BCUT2D eigenvalue weighted by molar-refractivity contribution is 0.308. The third-order valence-electron chi connectivity index (χ3n) is 18.9. The normalized spacial score (nSPS) is 22.1. The minimum atomic E-state index is -0.0742. The molecule has 0 aromatic heterocycles. The zero-order chi connectivity index (χ0) is 48.8. The van der Waals surface area contributed by atoms with Gasteiger partial charge >= 0.3 is 0 Å². The lowest BCUT2D eigenvalue weighted by Crippen LogP contribution is -2.30. The Kier molecular flexibility index (Phi) is 14.2. The lowest BCUT2D eigenvalue weighted by Gasteiger charge is -2.38. The Hall–Kier alpha value is -4.68. The highest BCUT2D eigenvalue weighted by Gasteiger charge is 2.48. The summed E-state index contributed by atoms with van der Waals surface area (Å²) in [6, 6.07) is 49.4. The average Bonchev–Trinajstić information content (AvgIpc) is 3.90. The highest BCUT2D eigenvalue weighted by atomic mass is 14.5. The van der Waals surface area contributed by atoms with Crippen LogP contribution in [0.3, 0.4) is 0 Å². The van der Waals surface area contributed by atoms with Gasteiger partial charge in [-0.3, -0.25) is 0 Å². The van der Waals surface area contributed by atoms with E-state index in [2.05, 4.69) is 204 Å². The number of benzene rings is 6. The second kappa shape index (κ2) is 19.8. The monoisotopic (exact) mass is 915 g/mol. The summed E-state index contributed by atoms with van der Waals surface area (Å²) in [7, 11) is 0. The van der Waals surface area contributed by atoms with Crippen LogP contribution in [0.4, 0.5) is 0 Å². The van der Waals surface area contributed by atoms with Gasteiger partial charge in [-0.05, 0) is 187 Å². The van der Waals surface area contributed by atoms with Gasteiger partial charge in [-0.15, -0.1) is 0 Å². The van der Waals surface area contributed by atoms with Crippen LogP contribution >= 0.6 is 0 Å². The molecular weight excluding hydrogens is 829 g/mol. The fraction of sp³-hybridized carbons (Fsp3) is 0.478. The molecule has 0 amide bonds. The Balaban J connectivity index is 1.20. The fourth-order valence-electron chi connectivity index (χ4n) is 14.1. The van der Waals surface area contributed by atoms with Gasteiger partial charge in [-0.25, -0.2) is 0 Å². The number of hydrogen-bond acceptors (Lipinski definition) is 0. The van der Waals surface area contributed by atoms with E-state index in [1.54, 1.807) is 33.4 Å². The molecule has 6 atom stereocenters. The minimum Gasteiger partial charge on any atom is -0.0651 e. The summed E-state index contributed by atoms with van der Waals surface area (Å²) in [5, 5.41) is 0. The van der Waals surface area contributed by atoms with Crippen molar-refractivity contribution in [2.24, 2.45) is 35.5 Å². The quantitative estimate of drug-likeness (QED) is 0.0716. The van der Waals surface area contributed by atoms with E-state index in [1.165, 1.54) is 133 Å². The molecule has 3 aliphatic carbocycles. The molecule has 3 aliphatic rings. The van der Waals surface area contributed by atoms with Crippen LogP contribution in [0.15, 0.2) is 121 Å². The van der Waals surface area contributed by atoms with Crippen molar-refractivity contribution in [2.45, 2.75) is 176 Å². The van der Waals surface area contributed by atoms with Crippen molar-refractivity contribution in [3.8, 4) is 55.6 Å². The highest BCUT2D eigenvalue weighted by Crippen LogP contribution is 2.60. The predicted molar refractivity (Wildman–Crippen MR) is 300 cm³/mol. The van der Waals surface area contributed by atoms with E-state index in [1.807, 2.05) is 0 Å². The number of hydrogen-bond donors (Lipinski definition) is 0. The summed E-state index contributed by atoms with van der Waals surface area (Å²) in [5.41, 5.74) is 23.6. The Morgan fingerprint density at radius 3 is 0.696 bits per heavy atom. The molecule has 0 nitrogen and oxygen atoms in total. The maximum absolute atomic E-state index is 2.68. The molecule has 0 aliphatic heterocycles. The molecule has 0 N–H and O–H groups in total. The van der Waals surface area contributed by atoms with Crippen LogP contribution in [0.5, 0.6) is 0 Å². The SMILES string of the molecule is CCC(C)CC1(CC(C)CC)c2ccccc2-c2ccc(-c3ccc4c(c3)C(CC(C)CC)(CC(C)CC)c3cc(-c5ccc6c(c5)C(CC(C)CC)(CC(C)CC)c5ccccc5-6)ccc3-4)cc21. The van der Waals surface area contributed by atoms with E-state index in [0.717, 1.165) is 0 Å². The van der Waals surface area contributed by atoms with E-state index in [4.69, 9.17) is 0 Å². The molecule has 0 heteroatoms. The molecule has 0 heterocycles. The van der Waals surface area contributed by atoms with Gasteiger partial charge in [0.15, 0.2) is 0 Å². The third-order valence-corrected chi connectivity index (χ3v) is 18.9. The topological polar surface area (TPSA) is 0 Å². The van der Waals surface area contributed by atoms with E-state index >= 15 is 0 Å². The second-order valence-electron chi connectivity index (χ2n) is 23.7. The second-order valence-corrected chi connectivity index (χ2v) is 23.7. The van der Waals surface area contributed by atoms with Crippen LogP contribution in [-0.4, -0.2) is 0 Å². The van der Waals surface area contributed by atoms with Gasteiger partial charge in [0.25, 0.3) is 0 Å². The summed E-state index contributed by atoms with van der Waals surface area (Å²) in [5.74, 6) is 3.78. The molecule has 0 saturated carbocycles. The van der Waals surface area contributed by atoms with Crippen molar-refractivity contribution in [1.82, 2.24) is 0 Å². The van der Waals surface area contributed by atoms with E-state index in [-0.39, 0.29) is 16.2 Å². The summed E-state index contributed by atoms with van der Waals surface area (Å²) < 4.78 is 0. The molecule has 0 radical (unpaired) electrons. The van der Waals surface area contributed by atoms with E-state index < -0.39 is 0 Å². The molecule has 69 heavy (non-hydrogen) atoms. The molecule has 362 valence electrons. The molecule has 6 unspecified atom stereocenters. The van der Waals surface area contributed by atoms with Crippen molar-refractivity contribution < 1.29 is 0 Å². The maximum Gasteiger partial charge on any atom is 0.0220 e. The Morgan fingerprint density at radius 1 is 0.261 bits per heavy atom. The Bertz CT molecular complexity index is 2560. The molecule has 9 rings (SSSR count). The average molecular weight is 915 g/mol. The first-order valence-corrected chi connectivity index (χ1v) is 28.1. The first-order chi connectivity index (χ1) is 33.3. The summed E-state index contributed by atoms with van der Waals surface area (Å²) in [6.07, 6.45) is 14.3. The summed E-state index contributed by atoms with van der Waals surface area (Å²) in [4.78, 5) is 0. The van der Waals surface area contributed by atoms with Gasteiger partial charge in [0.1, 0.15) is 0 Å². The van der Waals surface area contributed by atoms with Crippen LogP contribution in [0.2, 0.25) is 0 Å². The minimum absolute atomic E-state index is 0.0233. The summed E-state index contributed by atoms with van der Waals surface area (Å²) >= 11 is 0. The van der Waals surface area contributed by atoms with E-state index in [0.29, 0.717) is 35.5 Å². The Labute approximate surface area is 420 Å². The fourth-order valence-corrected chi connectivity index (χ4v) is 14.1. The largest absolute Gasteiger partial charge is 0.0651 e. The van der Waals surface area contributed by atoms with Crippen molar-refractivity contribution in [2.75, 3.05) is 0 Å². The van der Waals surface area contributed by atoms with Gasteiger partial charge in [0, 0.05) is 16.2 Å². The van der Waals surface area contributed by atoms with Crippen molar-refractivity contribution in [3.63, 3.8) is 0 Å². The molecule has 0 spiro atoms. The Morgan fingerprint density at radius 2 is 0.464 bits per heavy atom. The van der Waals surface area contributed by atoms with Gasteiger partial charge in [0.05, 0.1) is 0 Å². The molecule has 6 aromatic carbocycles. The van der Waals surface area contributed by atoms with Gasteiger partial charge in [0.2, 0.25) is 0 Å². The zero-order valence-electron chi connectivity index (χ0n) is 45.0.